The number of nitrogens with one attached hydrogen (secondary N) is 1. The summed E-state index contributed by atoms with van der Waals surface area (Å²) in [4.78, 5) is 0. The van der Waals surface area contributed by atoms with Gasteiger partial charge in [0.15, 0.2) is 0 Å². The fraction of sp³-hybridized carbons (Fsp3) is 0.600. The summed E-state index contributed by atoms with van der Waals surface area (Å²) in [7, 11) is 0. The summed E-state index contributed by atoms with van der Waals surface area (Å²) in [5.74, 6) is 1.66. The van der Waals surface area contributed by atoms with Gasteiger partial charge in [-0.3, -0.25) is 0 Å². The molecule has 1 heterocycles. The van der Waals surface area contributed by atoms with E-state index in [-0.39, 0.29) is 0 Å². The van der Waals surface area contributed by atoms with E-state index < -0.39 is 0 Å². The molecule has 0 radical (unpaired) electrons. The first kappa shape index (κ1) is 11.7. The van der Waals surface area contributed by atoms with E-state index in [9.17, 15) is 0 Å². The Morgan fingerprint density at radius 1 is 1.24 bits per heavy atom. The number of hydrogen-bond donors (Lipinski definition) is 1. The molecule has 1 N–H and O–H groups in total. The maximum Gasteiger partial charge on any atom is 0.0175 e. The molecule has 1 saturated heterocycles. The fourth-order valence-corrected chi connectivity index (χ4v) is 4.22. The molecule has 2 aliphatic rings. The van der Waals surface area contributed by atoms with Gasteiger partial charge in [0.25, 0.3) is 0 Å². The van der Waals surface area contributed by atoms with Gasteiger partial charge >= 0.3 is 0 Å². The van der Waals surface area contributed by atoms with Gasteiger partial charge in [0.2, 0.25) is 0 Å². The molecule has 1 saturated carbocycles. The summed E-state index contributed by atoms with van der Waals surface area (Å²) in [6.45, 7) is 4.76. The molecule has 1 aliphatic carbocycles. The van der Waals surface area contributed by atoms with Crippen molar-refractivity contribution in [2.75, 3.05) is 13.1 Å². The monoisotopic (exact) mass is 293 g/mol. The van der Waals surface area contributed by atoms with Crippen LogP contribution < -0.4 is 5.32 Å². The summed E-state index contributed by atoms with van der Waals surface area (Å²) in [5.41, 5.74) is 2.13. The van der Waals surface area contributed by atoms with Crippen molar-refractivity contribution in [3.63, 3.8) is 0 Å². The molecule has 17 heavy (non-hydrogen) atoms. The van der Waals surface area contributed by atoms with Gasteiger partial charge in [-0.05, 0) is 54.8 Å². The van der Waals surface area contributed by atoms with Crippen LogP contribution in [0.3, 0.4) is 0 Å². The summed E-state index contributed by atoms with van der Waals surface area (Å²) in [6.07, 6.45) is 4.21. The number of rotatable bonds is 1. The van der Waals surface area contributed by atoms with Crippen molar-refractivity contribution in [3.05, 3.63) is 34.3 Å². The van der Waals surface area contributed by atoms with Gasteiger partial charge in [-0.1, -0.05) is 35.0 Å². The summed E-state index contributed by atoms with van der Waals surface area (Å²) in [6, 6.07) is 8.96. The normalized spacial score (nSPS) is 36.8. The highest BCUT2D eigenvalue weighted by atomic mass is 79.9. The maximum absolute atomic E-state index is 3.57. The lowest BCUT2D eigenvalue weighted by Crippen LogP contribution is -2.50. The van der Waals surface area contributed by atoms with E-state index in [1.165, 1.54) is 35.8 Å². The van der Waals surface area contributed by atoms with Crippen LogP contribution in [0.25, 0.3) is 0 Å². The predicted octanol–water partition coefficient (Wildman–Crippen LogP) is 3.94. The molecule has 1 spiro atoms. The largest absolute Gasteiger partial charge is 0.316 e. The minimum atomic E-state index is 0.610. The second-order valence-corrected chi connectivity index (χ2v) is 6.85. The van der Waals surface area contributed by atoms with E-state index in [0.717, 1.165) is 18.4 Å². The van der Waals surface area contributed by atoms with Crippen molar-refractivity contribution in [2.45, 2.75) is 32.1 Å². The molecule has 1 atom stereocenters. The zero-order chi connectivity index (χ0) is 11.9. The molecule has 92 valence electrons. The van der Waals surface area contributed by atoms with E-state index >= 15 is 0 Å². The molecular formula is C15H20BrN. The third-order valence-corrected chi connectivity index (χ3v) is 5.20. The van der Waals surface area contributed by atoms with Gasteiger partial charge < -0.3 is 5.32 Å². The number of piperidine rings is 1. The van der Waals surface area contributed by atoms with Crippen molar-refractivity contribution < 1.29 is 0 Å². The van der Waals surface area contributed by atoms with Crippen LogP contribution in [0.2, 0.25) is 0 Å². The van der Waals surface area contributed by atoms with Gasteiger partial charge in [-0.15, -0.1) is 0 Å². The Morgan fingerprint density at radius 2 is 1.94 bits per heavy atom. The molecular weight excluding hydrogens is 274 g/mol. The van der Waals surface area contributed by atoms with E-state index in [4.69, 9.17) is 0 Å². The SMILES string of the molecule is CC1CC2(CCNCC2c2ccc(Br)cc2)C1. The van der Waals surface area contributed by atoms with Crippen molar-refractivity contribution in [3.8, 4) is 0 Å². The standard InChI is InChI=1S/C15H20BrN/c1-11-8-15(9-11)6-7-17-10-14(15)12-2-4-13(16)5-3-12/h2-5,11,14,17H,6-10H2,1H3. The predicted molar refractivity (Wildman–Crippen MR) is 75.2 cm³/mol. The van der Waals surface area contributed by atoms with Crippen LogP contribution in [-0.4, -0.2) is 13.1 Å². The van der Waals surface area contributed by atoms with Crippen LogP contribution in [0.15, 0.2) is 28.7 Å². The first-order valence-electron chi connectivity index (χ1n) is 6.66. The second kappa shape index (κ2) is 4.40. The lowest BCUT2D eigenvalue weighted by atomic mass is 9.52. The average Bonchev–Trinajstić information content (AvgIpc) is 2.29. The van der Waals surface area contributed by atoms with Gasteiger partial charge in [-0.25, -0.2) is 0 Å². The van der Waals surface area contributed by atoms with Gasteiger partial charge in [-0.2, -0.15) is 0 Å². The highest BCUT2D eigenvalue weighted by Gasteiger charge is 2.49. The quantitative estimate of drug-likeness (QED) is 0.827. The number of halogens is 1. The minimum Gasteiger partial charge on any atom is -0.316 e. The van der Waals surface area contributed by atoms with Crippen molar-refractivity contribution in [2.24, 2.45) is 11.3 Å². The molecule has 2 fully saturated rings. The smallest absolute Gasteiger partial charge is 0.0175 e. The van der Waals surface area contributed by atoms with Crippen molar-refractivity contribution in [1.29, 1.82) is 0 Å². The summed E-state index contributed by atoms with van der Waals surface area (Å²) in [5, 5.41) is 3.57. The van der Waals surface area contributed by atoms with Crippen LogP contribution in [-0.2, 0) is 0 Å². The molecule has 1 aromatic carbocycles. The van der Waals surface area contributed by atoms with Gasteiger partial charge in [0.05, 0.1) is 0 Å². The zero-order valence-electron chi connectivity index (χ0n) is 10.4. The Bertz CT molecular complexity index is 386. The van der Waals surface area contributed by atoms with Crippen LogP contribution in [0, 0.1) is 11.3 Å². The zero-order valence-corrected chi connectivity index (χ0v) is 12.0. The molecule has 0 amide bonds. The van der Waals surface area contributed by atoms with Crippen LogP contribution in [0.1, 0.15) is 37.7 Å². The maximum atomic E-state index is 3.57. The van der Waals surface area contributed by atoms with E-state index in [1.807, 2.05) is 0 Å². The van der Waals surface area contributed by atoms with E-state index in [1.54, 1.807) is 0 Å². The van der Waals surface area contributed by atoms with E-state index in [2.05, 4.69) is 52.4 Å². The van der Waals surface area contributed by atoms with Crippen LogP contribution in [0.4, 0.5) is 0 Å². The Labute approximate surface area is 112 Å². The molecule has 1 aromatic rings. The van der Waals surface area contributed by atoms with E-state index in [0.29, 0.717) is 5.41 Å². The van der Waals surface area contributed by atoms with Crippen molar-refractivity contribution >= 4 is 15.9 Å². The third-order valence-electron chi connectivity index (χ3n) is 4.67. The molecule has 1 nitrogen and oxygen atoms in total. The lowest BCUT2D eigenvalue weighted by Gasteiger charge is -2.54. The summed E-state index contributed by atoms with van der Waals surface area (Å²) >= 11 is 3.52. The fourth-order valence-electron chi connectivity index (χ4n) is 3.96. The number of hydrogen-bond acceptors (Lipinski definition) is 1. The third kappa shape index (κ3) is 2.06. The Balaban J connectivity index is 1.87. The lowest BCUT2D eigenvalue weighted by molar-refractivity contribution is 0.00838. The highest BCUT2D eigenvalue weighted by molar-refractivity contribution is 9.10. The molecule has 2 heteroatoms. The Morgan fingerprint density at radius 3 is 2.59 bits per heavy atom. The van der Waals surface area contributed by atoms with Gasteiger partial charge in [0, 0.05) is 16.9 Å². The first-order chi connectivity index (χ1) is 8.20. The van der Waals surface area contributed by atoms with Crippen LogP contribution >= 0.6 is 15.9 Å². The van der Waals surface area contributed by atoms with Crippen molar-refractivity contribution in [1.82, 2.24) is 5.32 Å². The average molecular weight is 294 g/mol. The number of benzene rings is 1. The topological polar surface area (TPSA) is 12.0 Å². The Hall–Kier alpha value is -0.340. The minimum absolute atomic E-state index is 0.610. The summed E-state index contributed by atoms with van der Waals surface area (Å²) < 4.78 is 1.18. The molecule has 0 bridgehead atoms. The molecule has 0 aromatic heterocycles. The highest BCUT2D eigenvalue weighted by Crippen LogP contribution is 2.57. The second-order valence-electron chi connectivity index (χ2n) is 5.93. The Kier molecular flexibility index (Phi) is 3.04. The molecule has 3 rings (SSSR count). The van der Waals surface area contributed by atoms with Crippen LogP contribution in [0.5, 0.6) is 0 Å². The first-order valence-corrected chi connectivity index (χ1v) is 7.45. The molecule has 1 aliphatic heterocycles. The molecule has 1 unspecified atom stereocenters. The van der Waals surface area contributed by atoms with Gasteiger partial charge in [0.1, 0.15) is 0 Å².